The average Bonchev–Trinajstić information content (AvgIpc) is 2.56. The molecule has 3 heterocycles. The topological polar surface area (TPSA) is 45.2 Å². The molecule has 0 atom stereocenters. The van der Waals surface area contributed by atoms with Crippen molar-refractivity contribution in [1.82, 2.24) is 19.9 Å². The van der Waals surface area contributed by atoms with Crippen LogP contribution in [0.3, 0.4) is 0 Å². The van der Waals surface area contributed by atoms with Gasteiger partial charge in [0.25, 0.3) is 0 Å². The fraction of sp³-hybridized carbons (Fsp3) is 0.400. The van der Waals surface area contributed by atoms with E-state index in [1.165, 1.54) is 6.20 Å². The van der Waals surface area contributed by atoms with Crippen LogP contribution in [0.4, 0.5) is 19.1 Å². The summed E-state index contributed by atoms with van der Waals surface area (Å²) >= 11 is 5.77. The van der Waals surface area contributed by atoms with Gasteiger partial charge in [0, 0.05) is 38.9 Å². The van der Waals surface area contributed by atoms with Crippen LogP contribution in [0.1, 0.15) is 11.3 Å². The minimum atomic E-state index is -4.42. The molecule has 3 rings (SSSR count). The maximum Gasteiger partial charge on any atom is 0.433 e. The number of alkyl halides is 3. The summed E-state index contributed by atoms with van der Waals surface area (Å²) in [6.45, 7) is 3.31. The molecule has 0 amide bonds. The highest BCUT2D eigenvalue weighted by atomic mass is 35.5. The summed E-state index contributed by atoms with van der Waals surface area (Å²) in [4.78, 5) is 15.9. The van der Waals surface area contributed by atoms with Gasteiger partial charge < -0.3 is 4.90 Å². The molecule has 128 valence electrons. The second-order valence-corrected chi connectivity index (χ2v) is 5.95. The Labute approximate surface area is 142 Å². The lowest BCUT2D eigenvalue weighted by molar-refractivity contribution is -0.141. The molecule has 5 nitrogen and oxygen atoms in total. The van der Waals surface area contributed by atoms with Gasteiger partial charge in [-0.25, -0.2) is 9.97 Å². The predicted molar refractivity (Wildman–Crippen MR) is 83.8 cm³/mol. The number of hydrogen-bond donors (Lipinski definition) is 0. The standard InChI is InChI=1S/C15H15ClF3N5/c16-12-8-21-14(22-9-12)24-5-3-23(4-6-24)10-11-1-2-20-13(7-11)15(17,18)19/h1-2,7-9H,3-6,10H2. The molecular weight excluding hydrogens is 343 g/mol. The molecule has 0 N–H and O–H groups in total. The van der Waals surface area contributed by atoms with E-state index in [9.17, 15) is 13.2 Å². The van der Waals surface area contributed by atoms with Gasteiger partial charge in [0.1, 0.15) is 5.69 Å². The number of halogens is 4. The lowest BCUT2D eigenvalue weighted by Gasteiger charge is -2.34. The summed E-state index contributed by atoms with van der Waals surface area (Å²) in [6, 6.07) is 2.72. The number of piperazine rings is 1. The fourth-order valence-corrected chi connectivity index (χ4v) is 2.66. The van der Waals surface area contributed by atoms with Crippen molar-refractivity contribution in [3.8, 4) is 0 Å². The Hall–Kier alpha value is -1.93. The van der Waals surface area contributed by atoms with Gasteiger partial charge in [-0.3, -0.25) is 9.88 Å². The smallest absolute Gasteiger partial charge is 0.338 e. The highest BCUT2D eigenvalue weighted by Gasteiger charge is 2.32. The zero-order chi connectivity index (χ0) is 17.2. The van der Waals surface area contributed by atoms with Crippen molar-refractivity contribution in [2.24, 2.45) is 0 Å². The van der Waals surface area contributed by atoms with Gasteiger partial charge in [0.2, 0.25) is 5.95 Å². The molecule has 0 aliphatic carbocycles. The molecule has 24 heavy (non-hydrogen) atoms. The minimum Gasteiger partial charge on any atom is -0.338 e. The SMILES string of the molecule is FC(F)(F)c1cc(CN2CCN(c3ncc(Cl)cn3)CC2)ccn1. The molecule has 9 heteroatoms. The number of rotatable bonds is 3. The fourth-order valence-electron chi connectivity index (χ4n) is 2.56. The monoisotopic (exact) mass is 357 g/mol. The van der Waals surface area contributed by atoms with Crippen molar-refractivity contribution in [3.05, 3.63) is 47.0 Å². The number of aromatic nitrogens is 3. The van der Waals surface area contributed by atoms with Gasteiger partial charge in [0.15, 0.2) is 0 Å². The van der Waals surface area contributed by atoms with Gasteiger partial charge in [-0.1, -0.05) is 11.6 Å². The summed E-state index contributed by atoms with van der Waals surface area (Å²) in [5.41, 5.74) is -0.248. The molecule has 0 spiro atoms. The van der Waals surface area contributed by atoms with E-state index in [2.05, 4.69) is 19.9 Å². The van der Waals surface area contributed by atoms with Crippen molar-refractivity contribution in [2.45, 2.75) is 12.7 Å². The third-order valence-electron chi connectivity index (χ3n) is 3.78. The van der Waals surface area contributed by atoms with Gasteiger partial charge in [-0.15, -0.1) is 0 Å². The van der Waals surface area contributed by atoms with Crippen molar-refractivity contribution in [3.63, 3.8) is 0 Å². The van der Waals surface area contributed by atoms with Crippen LogP contribution in [0.15, 0.2) is 30.7 Å². The molecule has 0 bridgehead atoms. The number of hydrogen-bond acceptors (Lipinski definition) is 5. The molecule has 0 unspecified atom stereocenters. The van der Waals surface area contributed by atoms with E-state index in [1.54, 1.807) is 18.5 Å². The van der Waals surface area contributed by atoms with Crippen LogP contribution >= 0.6 is 11.6 Å². The molecule has 0 saturated carbocycles. The van der Waals surface area contributed by atoms with Crippen LogP contribution in [0, 0.1) is 0 Å². The quantitative estimate of drug-likeness (QED) is 0.845. The zero-order valence-electron chi connectivity index (χ0n) is 12.7. The first-order chi connectivity index (χ1) is 11.4. The number of anilines is 1. The number of nitrogens with zero attached hydrogens (tertiary/aromatic N) is 5. The summed E-state index contributed by atoms with van der Waals surface area (Å²) < 4.78 is 38.1. The molecule has 0 radical (unpaired) electrons. The molecule has 1 aliphatic heterocycles. The van der Waals surface area contributed by atoms with Gasteiger partial charge in [-0.2, -0.15) is 13.2 Å². The van der Waals surface area contributed by atoms with Crippen LogP contribution in [0.5, 0.6) is 0 Å². The van der Waals surface area contributed by atoms with Crippen LogP contribution < -0.4 is 4.90 Å². The van der Waals surface area contributed by atoms with E-state index in [1.807, 2.05) is 4.90 Å². The van der Waals surface area contributed by atoms with Crippen LogP contribution in [-0.4, -0.2) is 46.0 Å². The summed E-state index contributed by atoms with van der Waals surface area (Å²) in [5, 5.41) is 0.482. The van der Waals surface area contributed by atoms with Gasteiger partial charge >= 0.3 is 6.18 Å². The normalized spacial score (nSPS) is 16.4. The van der Waals surface area contributed by atoms with Crippen molar-refractivity contribution < 1.29 is 13.2 Å². The Balaban J connectivity index is 1.58. The van der Waals surface area contributed by atoms with Crippen molar-refractivity contribution in [1.29, 1.82) is 0 Å². The highest BCUT2D eigenvalue weighted by Crippen LogP contribution is 2.28. The Morgan fingerprint density at radius 1 is 1.04 bits per heavy atom. The third kappa shape index (κ3) is 4.12. The van der Waals surface area contributed by atoms with Crippen molar-refractivity contribution in [2.75, 3.05) is 31.1 Å². The Morgan fingerprint density at radius 3 is 2.33 bits per heavy atom. The molecule has 2 aromatic heterocycles. The van der Waals surface area contributed by atoms with E-state index in [-0.39, 0.29) is 0 Å². The Kier molecular flexibility index (Phi) is 4.86. The molecular formula is C15H15ClF3N5. The van der Waals surface area contributed by atoms with E-state index in [0.717, 1.165) is 19.2 Å². The van der Waals surface area contributed by atoms with Crippen LogP contribution in [0.25, 0.3) is 0 Å². The second-order valence-electron chi connectivity index (χ2n) is 5.51. The maximum absolute atomic E-state index is 12.7. The molecule has 0 aromatic carbocycles. The molecule has 1 aliphatic rings. The molecule has 1 fully saturated rings. The lowest BCUT2D eigenvalue weighted by Crippen LogP contribution is -2.46. The van der Waals surface area contributed by atoms with Crippen LogP contribution in [-0.2, 0) is 12.7 Å². The van der Waals surface area contributed by atoms with E-state index < -0.39 is 11.9 Å². The largest absolute Gasteiger partial charge is 0.433 e. The summed E-state index contributed by atoms with van der Waals surface area (Å²) in [5.74, 6) is 0.613. The van der Waals surface area contributed by atoms with E-state index >= 15 is 0 Å². The predicted octanol–water partition coefficient (Wildman–Crippen LogP) is 2.87. The van der Waals surface area contributed by atoms with E-state index in [4.69, 9.17) is 11.6 Å². The maximum atomic E-state index is 12.7. The second kappa shape index (κ2) is 6.90. The van der Waals surface area contributed by atoms with Gasteiger partial charge in [0.05, 0.1) is 17.4 Å². The zero-order valence-corrected chi connectivity index (χ0v) is 13.4. The minimum absolute atomic E-state index is 0.459. The average molecular weight is 358 g/mol. The lowest BCUT2D eigenvalue weighted by atomic mass is 10.2. The highest BCUT2D eigenvalue weighted by molar-refractivity contribution is 6.30. The first kappa shape index (κ1) is 16.9. The first-order valence-electron chi connectivity index (χ1n) is 7.39. The third-order valence-corrected chi connectivity index (χ3v) is 3.98. The summed E-state index contributed by atoms with van der Waals surface area (Å²) in [7, 11) is 0. The van der Waals surface area contributed by atoms with Crippen molar-refractivity contribution >= 4 is 17.5 Å². The van der Waals surface area contributed by atoms with Crippen LogP contribution in [0.2, 0.25) is 5.02 Å². The molecule has 1 saturated heterocycles. The Morgan fingerprint density at radius 2 is 1.71 bits per heavy atom. The summed E-state index contributed by atoms with van der Waals surface area (Å²) in [6.07, 6.45) is -0.117. The number of pyridine rings is 1. The first-order valence-corrected chi connectivity index (χ1v) is 7.76. The molecule has 2 aromatic rings. The van der Waals surface area contributed by atoms with E-state index in [0.29, 0.717) is 36.2 Å². The van der Waals surface area contributed by atoms with Gasteiger partial charge in [-0.05, 0) is 17.7 Å². The Bertz CT molecular complexity index is 684.